The molecule has 8 heteroatoms. The zero-order chi connectivity index (χ0) is 16.8. The molecule has 0 heterocycles. The van der Waals surface area contributed by atoms with Crippen molar-refractivity contribution in [3.8, 4) is 5.75 Å². The molecular weight excluding hydrogens is 310 g/mol. The Balaban J connectivity index is 2.33. The van der Waals surface area contributed by atoms with Crippen LogP contribution < -0.4 is 10.1 Å². The number of carboxylic acids is 1. The molecule has 0 spiro atoms. The summed E-state index contributed by atoms with van der Waals surface area (Å²) in [6.07, 6.45) is 1.70. The number of sulfone groups is 1. The summed E-state index contributed by atoms with van der Waals surface area (Å²) in [5, 5.41) is 11.0. The van der Waals surface area contributed by atoms with Gasteiger partial charge in [0.1, 0.15) is 11.8 Å². The van der Waals surface area contributed by atoms with Crippen LogP contribution in [0.2, 0.25) is 0 Å². The predicted octanol–water partition coefficient (Wildman–Crippen LogP) is 0.838. The number of nitrogens with one attached hydrogen (secondary N) is 1. The number of ether oxygens (including phenoxy) is 1. The molecule has 0 radical (unpaired) electrons. The highest BCUT2D eigenvalue weighted by Gasteiger charge is 2.13. The van der Waals surface area contributed by atoms with E-state index in [1.165, 1.54) is 19.1 Å². The Kier molecular flexibility index (Phi) is 6.36. The van der Waals surface area contributed by atoms with Crippen LogP contribution in [-0.4, -0.2) is 44.3 Å². The molecule has 2 N–H and O–H groups in total. The van der Waals surface area contributed by atoms with E-state index in [0.717, 1.165) is 6.26 Å². The first-order valence-corrected chi connectivity index (χ1v) is 8.54. The molecule has 7 nitrogen and oxygen atoms in total. The maximum atomic E-state index is 11.4. The fourth-order valence-electron chi connectivity index (χ4n) is 1.58. The van der Waals surface area contributed by atoms with Crippen LogP contribution in [0.4, 0.5) is 0 Å². The van der Waals surface area contributed by atoms with Crippen molar-refractivity contribution in [1.82, 2.24) is 5.32 Å². The van der Waals surface area contributed by atoms with Crippen LogP contribution in [-0.2, 0) is 19.4 Å². The van der Waals surface area contributed by atoms with Gasteiger partial charge in [-0.3, -0.25) is 9.59 Å². The lowest BCUT2D eigenvalue weighted by molar-refractivity contribution is -0.141. The van der Waals surface area contributed by atoms with E-state index in [2.05, 4.69) is 5.32 Å². The third-order valence-electron chi connectivity index (χ3n) is 2.82. The Bertz CT molecular complexity index is 623. The van der Waals surface area contributed by atoms with Crippen LogP contribution in [0, 0.1) is 0 Å². The Labute approximate surface area is 129 Å². The van der Waals surface area contributed by atoms with E-state index in [1.807, 2.05) is 0 Å². The molecule has 0 saturated heterocycles. The number of hydrogen-bond acceptors (Lipinski definition) is 5. The Morgan fingerprint density at radius 3 is 2.36 bits per heavy atom. The van der Waals surface area contributed by atoms with Crippen LogP contribution in [0.1, 0.15) is 19.8 Å². The molecule has 1 atom stereocenters. The van der Waals surface area contributed by atoms with Gasteiger partial charge in [0, 0.05) is 12.7 Å². The first-order chi connectivity index (χ1) is 10.2. The molecule has 0 aliphatic rings. The van der Waals surface area contributed by atoms with Crippen molar-refractivity contribution in [2.75, 3.05) is 12.9 Å². The van der Waals surface area contributed by atoms with Gasteiger partial charge in [-0.25, -0.2) is 8.42 Å². The molecule has 1 aromatic carbocycles. The maximum Gasteiger partial charge on any atom is 0.325 e. The topological polar surface area (TPSA) is 110 Å². The lowest BCUT2D eigenvalue weighted by Gasteiger charge is -2.10. The largest absolute Gasteiger partial charge is 0.494 e. The molecular formula is C14H19NO6S. The summed E-state index contributed by atoms with van der Waals surface area (Å²) < 4.78 is 28.0. The lowest BCUT2D eigenvalue weighted by atomic mass is 10.2. The van der Waals surface area contributed by atoms with Crippen LogP contribution >= 0.6 is 0 Å². The van der Waals surface area contributed by atoms with E-state index in [9.17, 15) is 18.0 Å². The number of rotatable bonds is 8. The van der Waals surface area contributed by atoms with Gasteiger partial charge in [-0.05, 0) is 37.6 Å². The van der Waals surface area contributed by atoms with E-state index in [-0.39, 0.29) is 23.8 Å². The van der Waals surface area contributed by atoms with Crippen molar-refractivity contribution in [2.24, 2.45) is 0 Å². The number of carbonyl (C=O) groups is 2. The second-order valence-electron chi connectivity index (χ2n) is 4.82. The van der Waals surface area contributed by atoms with Gasteiger partial charge in [0.25, 0.3) is 0 Å². The quantitative estimate of drug-likeness (QED) is 0.684. The summed E-state index contributed by atoms with van der Waals surface area (Å²) in [6.45, 7) is 1.66. The average Bonchev–Trinajstić information content (AvgIpc) is 2.43. The first kappa shape index (κ1) is 18.0. The molecule has 122 valence electrons. The summed E-state index contributed by atoms with van der Waals surface area (Å²) in [5.74, 6) is -0.937. The summed E-state index contributed by atoms with van der Waals surface area (Å²) >= 11 is 0. The molecule has 0 aliphatic heterocycles. The monoisotopic (exact) mass is 329 g/mol. The van der Waals surface area contributed by atoms with Gasteiger partial charge in [-0.1, -0.05) is 0 Å². The fraction of sp³-hybridized carbons (Fsp3) is 0.429. The molecule has 0 bridgehead atoms. The fourth-order valence-corrected chi connectivity index (χ4v) is 2.21. The maximum absolute atomic E-state index is 11.4. The van der Waals surface area contributed by atoms with E-state index < -0.39 is 21.8 Å². The SMILES string of the molecule is C[C@@H](NC(=O)CCCOc1ccc(S(C)(=O)=O)cc1)C(=O)O. The molecule has 0 fully saturated rings. The summed E-state index contributed by atoms with van der Waals surface area (Å²) in [6, 6.07) is 5.07. The Morgan fingerprint density at radius 1 is 1.27 bits per heavy atom. The van der Waals surface area contributed by atoms with Gasteiger partial charge in [-0.15, -0.1) is 0 Å². The number of benzene rings is 1. The van der Waals surface area contributed by atoms with E-state index in [1.54, 1.807) is 12.1 Å². The minimum Gasteiger partial charge on any atom is -0.494 e. The molecule has 1 rings (SSSR count). The molecule has 0 saturated carbocycles. The van der Waals surface area contributed by atoms with Gasteiger partial charge in [-0.2, -0.15) is 0 Å². The smallest absolute Gasteiger partial charge is 0.325 e. The predicted molar refractivity (Wildman–Crippen MR) is 79.5 cm³/mol. The van der Waals surface area contributed by atoms with Crippen molar-refractivity contribution in [3.05, 3.63) is 24.3 Å². The van der Waals surface area contributed by atoms with Crippen molar-refractivity contribution < 1.29 is 27.9 Å². The Morgan fingerprint density at radius 2 is 1.86 bits per heavy atom. The van der Waals surface area contributed by atoms with Crippen LogP contribution in [0.25, 0.3) is 0 Å². The molecule has 1 amide bonds. The molecule has 22 heavy (non-hydrogen) atoms. The lowest BCUT2D eigenvalue weighted by Crippen LogP contribution is -2.38. The van der Waals surface area contributed by atoms with Gasteiger partial charge >= 0.3 is 5.97 Å². The number of carbonyl (C=O) groups excluding carboxylic acids is 1. The third kappa shape index (κ3) is 6.13. The first-order valence-electron chi connectivity index (χ1n) is 6.65. The molecule has 0 aliphatic carbocycles. The van der Waals surface area contributed by atoms with Gasteiger partial charge in [0.15, 0.2) is 9.84 Å². The zero-order valence-corrected chi connectivity index (χ0v) is 13.2. The van der Waals surface area contributed by atoms with Crippen molar-refractivity contribution in [1.29, 1.82) is 0 Å². The summed E-state index contributed by atoms with van der Waals surface area (Å²) in [7, 11) is -3.23. The summed E-state index contributed by atoms with van der Waals surface area (Å²) in [5.41, 5.74) is 0. The van der Waals surface area contributed by atoms with Crippen LogP contribution in [0.15, 0.2) is 29.2 Å². The highest BCUT2D eigenvalue weighted by Crippen LogP contribution is 2.16. The number of hydrogen-bond donors (Lipinski definition) is 2. The zero-order valence-electron chi connectivity index (χ0n) is 12.4. The highest BCUT2D eigenvalue weighted by molar-refractivity contribution is 7.90. The second-order valence-corrected chi connectivity index (χ2v) is 6.84. The van der Waals surface area contributed by atoms with Gasteiger partial charge < -0.3 is 15.2 Å². The molecule has 0 unspecified atom stereocenters. The minimum absolute atomic E-state index is 0.152. The molecule has 0 aromatic heterocycles. The van der Waals surface area contributed by atoms with Crippen molar-refractivity contribution in [3.63, 3.8) is 0 Å². The van der Waals surface area contributed by atoms with Gasteiger partial charge in [0.2, 0.25) is 5.91 Å². The van der Waals surface area contributed by atoms with Crippen LogP contribution in [0.3, 0.4) is 0 Å². The standard InChI is InChI=1S/C14H19NO6S/c1-10(14(17)18)15-13(16)4-3-9-21-11-5-7-12(8-6-11)22(2,19)20/h5-8,10H,3-4,9H2,1-2H3,(H,15,16)(H,17,18)/t10-/m1/s1. The third-order valence-corrected chi connectivity index (χ3v) is 3.95. The van der Waals surface area contributed by atoms with Crippen molar-refractivity contribution >= 4 is 21.7 Å². The van der Waals surface area contributed by atoms with E-state index in [0.29, 0.717) is 12.2 Å². The number of carboxylic acid groups (broad SMARTS) is 1. The van der Waals surface area contributed by atoms with E-state index >= 15 is 0 Å². The van der Waals surface area contributed by atoms with Crippen molar-refractivity contribution in [2.45, 2.75) is 30.7 Å². The Hall–Kier alpha value is -2.09. The van der Waals surface area contributed by atoms with Crippen LogP contribution in [0.5, 0.6) is 5.75 Å². The summed E-state index contributed by atoms with van der Waals surface area (Å²) in [4.78, 5) is 22.2. The number of aliphatic carboxylic acids is 1. The highest BCUT2D eigenvalue weighted by atomic mass is 32.2. The second kappa shape index (κ2) is 7.79. The number of amides is 1. The normalized spacial score (nSPS) is 12.5. The van der Waals surface area contributed by atoms with Gasteiger partial charge in [0.05, 0.1) is 11.5 Å². The minimum atomic E-state index is -3.23. The van der Waals surface area contributed by atoms with E-state index in [4.69, 9.17) is 9.84 Å². The average molecular weight is 329 g/mol. The molecule has 1 aromatic rings.